The standard InChI is InChI=1S/C8H20N2O3S/c1-4-8(5-2,7-11)6-10-14(12,13)9-3/h9-11H,4-7H2,1-3H3. The largest absolute Gasteiger partial charge is 0.396 e. The second-order valence-electron chi connectivity index (χ2n) is 3.39. The van der Waals surface area contributed by atoms with Crippen LogP contribution in [-0.2, 0) is 10.2 Å². The van der Waals surface area contributed by atoms with Crippen LogP contribution in [0.25, 0.3) is 0 Å². The molecule has 6 heteroatoms. The number of hydrogen-bond donors (Lipinski definition) is 3. The van der Waals surface area contributed by atoms with Crippen LogP contribution in [0.3, 0.4) is 0 Å². The van der Waals surface area contributed by atoms with Crippen LogP contribution < -0.4 is 9.44 Å². The van der Waals surface area contributed by atoms with Crippen molar-refractivity contribution < 1.29 is 13.5 Å². The highest BCUT2D eigenvalue weighted by molar-refractivity contribution is 7.87. The van der Waals surface area contributed by atoms with Crippen LogP contribution >= 0.6 is 0 Å². The molecule has 0 aliphatic carbocycles. The summed E-state index contributed by atoms with van der Waals surface area (Å²) in [7, 11) is -2.05. The summed E-state index contributed by atoms with van der Waals surface area (Å²) in [6, 6.07) is 0. The zero-order valence-electron chi connectivity index (χ0n) is 9.00. The quantitative estimate of drug-likeness (QED) is 0.562. The van der Waals surface area contributed by atoms with E-state index >= 15 is 0 Å². The first-order valence-electron chi connectivity index (χ1n) is 4.74. The van der Waals surface area contributed by atoms with Crippen molar-refractivity contribution in [1.29, 1.82) is 0 Å². The lowest BCUT2D eigenvalue weighted by Gasteiger charge is -2.29. The van der Waals surface area contributed by atoms with Gasteiger partial charge in [0.15, 0.2) is 0 Å². The van der Waals surface area contributed by atoms with Crippen LogP contribution in [0.4, 0.5) is 0 Å². The van der Waals surface area contributed by atoms with E-state index in [0.29, 0.717) is 0 Å². The lowest BCUT2D eigenvalue weighted by molar-refractivity contribution is 0.119. The number of hydrogen-bond acceptors (Lipinski definition) is 3. The summed E-state index contributed by atoms with van der Waals surface area (Å²) < 4.78 is 26.7. The van der Waals surface area contributed by atoms with Gasteiger partial charge in [0.1, 0.15) is 0 Å². The molecular weight excluding hydrogens is 204 g/mol. The van der Waals surface area contributed by atoms with Gasteiger partial charge >= 0.3 is 0 Å². The van der Waals surface area contributed by atoms with Gasteiger partial charge in [0.05, 0.1) is 0 Å². The molecule has 0 aromatic heterocycles. The lowest BCUT2D eigenvalue weighted by Crippen LogP contribution is -2.43. The summed E-state index contributed by atoms with van der Waals surface area (Å²) in [5, 5.41) is 9.19. The topological polar surface area (TPSA) is 78.4 Å². The Hall–Kier alpha value is -0.170. The molecule has 5 nitrogen and oxygen atoms in total. The molecule has 0 fully saturated rings. The van der Waals surface area contributed by atoms with Gasteiger partial charge in [-0.2, -0.15) is 8.42 Å². The zero-order chi connectivity index (χ0) is 11.2. The van der Waals surface area contributed by atoms with Crippen LogP contribution in [0, 0.1) is 5.41 Å². The summed E-state index contributed by atoms with van der Waals surface area (Å²) >= 11 is 0. The molecule has 86 valence electrons. The van der Waals surface area contributed by atoms with E-state index in [1.165, 1.54) is 7.05 Å². The molecule has 0 saturated heterocycles. The summed E-state index contributed by atoms with van der Waals surface area (Å²) in [6.07, 6.45) is 1.48. The molecule has 0 aliphatic heterocycles. The maximum atomic E-state index is 11.1. The minimum Gasteiger partial charge on any atom is -0.396 e. The molecule has 0 rings (SSSR count). The van der Waals surface area contributed by atoms with Crippen molar-refractivity contribution in [3.8, 4) is 0 Å². The van der Waals surface area contributed by atoms with Gasteiger partial charge in [0, 0.05) is 25.6 Å². The van der Waals surface area contributed by atoms with E-state index in [-0.39, 0.29) is 18.6 Å². The van der Waals surface area contributed by atoms with E-state index in [4.69, 9.17) is 0 Å². The summed E-state index contributed by atoms with van der Waals surface area (Å²) in [6.45, 7) is 4.13. The predicted molar refractivity (Wildman–Crippen MR) is 56.1 cm³/mol. The van der Waals surface area contributed by atoms with Gasteiger partial charge < -0.3 is 5.11 Å². The lowest BCUT2D eigenvalue weighted by atomic mass is 9.84. The molecule has 0 amide bonds. The Bertz CT molecular complexity index is 239. The van der Waals surface area contributed by atoms with Gasteiger partial charge in [0.25, 0.3) is 10.2 Å². The Morgan fingerprint density at radius 3 is 2.07 bits per heavy atom. The minimum atomic E-state index is -3.39. The Morgan fingerprint density at radius 1 is 1.29 bits per heavy atom. The normalized spacial score (nSPS) is 13.1. The van der Waals surface area contributed by atoms with Crippen molar-refractivity contribution >= 4 is 10.2 Å². The highest BCUT2D eigenvalue weighted by Gasteiger charge is 2.26. The van der Waals surface area contributed by atoms with Crippen molar-refractivity contribution in [2.45, 2.75) is 26.7 Å². The average molecular weight is 224 g/mol. The Kier molecular flexibility index (Phi) is 5.58. The maximum absolute atomic E-state index is 11.1. The van der Waals surface area contributed by atoms with Crippen molar-refractivity contribution in [3.05, 3.63) is 0 Å². The highest BCUT2D eigenvalue weighted by Crippen LogP contribution is 2.24. The first-order chi connectivity index (χ1) is 6.45. The molecule has 0 heterocycles. The van der Waals surface area contributed by atoms with Crippen LogP contribution in [0.2, 0.25) is 0 Å². The third-order valence-electron chi connectivity index (χ3n) is 2.74. The molecule has 3 N–H and O–H groups in total. The minimum absolute atomic E-state index is 0.00770. The van der Waals surface area contributed by atoms with E-state index in [1.807, 2.05) is 13.8 Å². The number of aliphatic hydroxyl groups excluding tert-OH is 1. The molecule has 0 unspecified atom stereocenters. The van der Waals surface area contributed by atoms with Crippen LogP contribution in [0.1, 0.15) is 26.7 Å². The van der Waals surface area contributed by atoms with E-state index < -0.39 is 10.2 Å². The fraction of sp³-hybridized carbons (Fsp3) is 1.00. The molecule has 0 aliphatic rings. The van der Waals surface area contributed by atoms with Gasteiger partial charge in [-0.25, -0.2) is 9.44 Å². The fourth-order valence-electron chi connectivity index (χ4n) is 1.10. The second kappa shape index (κ2) is 5.65. The van der Waals surface area contributed by atoms with E-state index in [2.05, 4.69) is 9.44 Å². The SMILES string of the molecule is CCC(CC)(CO)CNS(=O)(=O)NC. The number of rotatable bonds is 7. The first kappa shape index (κ1) is 13.8. The Morgan fingerprint density at radius 2 is 1.79 bits per heavy atom. The average Bonchev–Trinajstić information content (AvgIpc) is 2.21. The Balaban J connectivity index is 4.34. The fourth-order valence-corrected chi connectivity index (χ4v) is 1.74. The van der Waals surface area contributed by atoms with E-state index in [0.717, 1.165) is 12.8 Å². The highest BCUT2D eigenvalue weighted by atomic mass is 32.2. The molecule has 0 spiro atoms. The molecule has 0 bridgehead atoms. The Labute approximate surface area is 86.1 Å². The molecule has 0 aromatic carbocycles. The van der Waals surface area contributed by atoms with Gasteiger partial charge in [-0.1, -0.05) is 13.8 Å². The van der Waals surface area contributed by atoms with Crippen molar-refractivity contribution in [1.82, 2.24) is 9.44 Å². The van der Waals surface area contributed by atoms with Crippen LogP contribution in [0.5, 0.6) is 0 Å². The monoisotopic (exact) mass is 224 g/mol. The van der Waals surface area contributed by atoms with E-state index in [1.54, 1.807) is 0 Å². The molecule has 0 aromatic rings. The van der Waals surface area contributed by atoms with Gasteiger partial charge in [-0.15, -0.1) is 0 Å². The van der Waals surface area contributed by atoms with Gasteiger partial charge in [0.2, 0.25) is 0 Å². The maximum Gasteiger partial charge on any atom is 0.276 e. The van der Waals surface area contributed by atoms with Crippen LogP contribution in [0.15, 0.2) is 0 Å². The molecular formula is C8H20N2O3S. The first-order valence-corrected chi connectivity index (χ1v) is 6.22. The van der Waals surface area contributed by atoms with E-state index in [9.17, 15) is 13.5 Å². The third kappa shape index (κ3) is 3.91. The molecule has 0 radical (unpaired) electrons. The molecule has 0 atom stereocenters. The van der Waals surface area contributed by atoms with Crippen molar-refractivity contribution in [2.75, 3.05) is 20.2 Å². The van der Waals surface area contributed by atoms with Gasteiger partial charge in [-0.3, -0.25) is 0 Å². The summed E-state index contributed by atoms with van der Waals surface area (Å²) in [5.74, 6) is 0. The second-order valence-corrected chi connectivity index (χ2v) is 5.10. The molecule has 14 heavy (non-hydrogen) atoms. The number of aliphatic hydroxyl groups is 1. The number of nitrogens with one attached hydrogen (secondary N) is 2. The van der Waals surface area contributed by atoms with Crippen molar-refractivity contribution in [2.24, 2.45) is 5.41 Å². The zero-order valence-corrected chi connectivity index (χ0v) is 9.82. The molecule has 0 saturated carbocycles. The van der Waals surface area contributed by atoms with Crippen molar-refractivity contribution in [3.63, 3.8) is 0 Å². The van der Waals surface area contributed by atoms with Crippen LogP contribution in [-0.4, -0.2) is 33.7 Å². The summed E-state index contributed by atoms with van der Waals surface area (Å²) in [4.78, 5) is 0. The summed E-state index contributed by atoms with van der Waals surface area (Å²) in [5.41, 5.74) is -0.343. The van der Waals surface area contributed by atoms with Gasteiger partial charge in [-0.05, 0) is 12.8 Å². The smallest absolute Gasteiger partial charge is 0.276 e. The predicted octanol–water partition coefficient (Wildman–Crippen LogP) is -0.161. The third-order valence-corrected chi connectivity index (χ3v) is 3.80.